The van der Waals surface area contributed by atoms with Gasteiger partial charge in [0.1, 0.15) is 39.6 Å². The zero-order chi connectivity index (χ0) is 27.7. The van der Waals surface area contributed by atoms with Crippen molar-refractivity contribution in [2.45, 2.75) is 20.2 Å². The highest BCUT2D eigenvalue weighted by atomic mass is 35.5. The number of rotatable bonds is 7. The molecule has 4 rings (SSSR count). The molecule has 0 radical (unpaired) electrons. The van der Waals surface area contributed by atoms with E-state index < -0.39 is 29.4 Å². The van der Waals surface area contributed by atoms with Crippen LogP contribution in [0.2, 0.25) is 5.15 Å². The van der Waals surface area contributed by atoms with Gasteiger partial charge in [-0.15, -0.1) is 0 Å². The maximum absolute atomic E-state index is 15.3. The molecule has 2 N–H and O–H groups in total. The van der Waals surface area contributed by atoms with Crippen molar-refractivity contribution in [2.24, 2.45) is 7.05 Å². The van der Waals surface area contributed by atoms with Gasteiger partial charge < -0.3 is 19.9 Å². The summed E-state index contributed by atoms with van der Waals surface area (Å²) >= 11 is 6.07. The van der Waals surface area contributed by atoms with Gasteiger partial charge in [-0.1, -0.05) is 17.7 Å². The lowest BCUT2D eigenvalue weighted by molar-refractivity contribution is 0.0860. The van der Waals surface area contributed by atoms with Crippen LogP contribution in [0.15, 0.2) is 53.3 Å². The summed E-state index contributed by atoms with van der Waals surface area (Å²) in [4.78, 5) is 31.1. The Kier molecular flexibility index (Phi) is 7.40. The molecular weight excluding hydrogens is 522 g/mol. The van der Waals surface area contributed by atoms with Crippen molar-refractivity contribution in [2.75, 3.05) is 12.4 Å². The van der Waals surface area contributed by atoms with Crippen LogP contribution in [0.4, 0.5) is 14.5 Å². The fourth-order valence-corrected chi connectivity index (χ4v) is 4.07. The first-order valence-electron chi connectivity index (χ1n) is 11.3. The number of methoxy groups -OCH3 is 1. The fraction of sp³-hybridized carbons (Fsp3) is 0.192. The van der Waals surface area contributed by atoms with Gasteiger partial charge in [-0.2, -0.15) is 4.68 Å². The highest BCUT2D eigenvalue weighted by Crippen LogP contribution is 2.38. The van der Waals surface area contributed by atoms with Crippen molar-refractivity contribution in [1.29, 1.82) is 0 Å². The molecule has 38 heavy (non-hydrogen) atoms. The summed E-state index contributed by atoms with van der Waals surface area (Å²) in [5.74, 6) is -1.75. The number of aromatic hydroxyl groups is 1. The summed E-state index contributed by atoms with van der Waals surface area (Å²) in [5.41, 5.74) is -0.877. The molecule has 0 spiro atoms. The topological polar surface area (TPSA) is 108 Å². The number of phenolic OH excluding ortho intramolecular Hbond substituents is 1. The standard InChI is InChI=1S/C26H23ClF2N4O5/c1-13-5-10-20(27)30-24(13)33-26(36)22(31-25(35)15-6-8-16(9-7-15)38-14(2)28)23(32(33)3)21-18(29)11-17(37-4)12-19(21)34/h5-12,14,34H,1-4H3,(H,31,35). The lowest BCUT2D eigenvalue weighted by atomic mass is 10.1. The molecule has 2 aromatic carbocycles. The van der Waals surface area contributed by atoms with Gasteiger partial charge in [0.2, 0.25) is 6.36 Å². The Bertz CT molecular complexity index is 1560. The van der Waals surface area contributed by atoms with Crippen molar-refractivity contribution in [3.05, 3.63) is 81.0 Å². The van der Waals surface area contributed by atoms with Crippen molar-refractivity contribution in [1.82, 2.24) is 14.3 Å². The number of amides is 1. The molecule has 1 unspecified atom stereocenters. The SMILES string of the molecule is COc1cc(O)c(-c2c(NC(=O)c3ccc(OC(C)F)cc3)c(=O)n(-c3nc(Cl)ccc3C)n2C)c(F)c1. The molecule has 0 bridgehead atoms. The third-order valence-corrected chi connectivity index (χ3v) is 5.88. The summed E-state index contributed by atoms with van der Waals surface area (Å²) in [6, 6.07) is 11.0. The maximum atomic E-state index is 15.3. The highest BCUT2D eigenvalue weighted by Gasteiger charge is 2.28. The zero-order valence-corrected chi connectivity index (χ0v) is 21.5. The number of halogens is 3. The zero-order valence-electron chi connectivity index (χ0n) is 20.8. The molecule has 0 aliphatic carbocycles. The molecule has 0 aliphatic rings. The number of aromatic nitrogens is 3. The minimum Gasteiger partial charge on any atom is -0.507 e. The van der Waals surface area contributed by atoms with Crippen molar-refractivity contribution >= 4 is 23.2 Å². The summed E-state index contributed by atoms with van der Waals surface area (Å²) in [7, 11) is 2.76. The Hall–Kier alpha value is -4.38. The molecule has 0 aliphatic heterocycles. The minimum absolute atomic E-state index is 0.0519. The van der Waals surface area contributed by atoms with Gasteiger partial charge in [-0.3, -0.25) is 14.3 Å². The van der Waals surface area contributed by atoms with Crippen LogP contribution in [0.3, 0.4) is 0 Å². The third kappa shape index (κ3) is 5.05. The lowest BCUT2D eigenvalue weighted by Crippen LogP contribution is -2.24. The summed E-state index contributed by atoms with van der Waals surface area (Å²) in [6.07, 6.45) is -1.55. The van der Waals surface area contributed by atoms with E-state index >= 15 is 4.39 Å². The van der Waals surface area contributed by atoms with Crippen LogP contribution in [-0.4, -0.2) is 38.8 Å². The number of nitrogens with zero attached hydrogens (tertiary/aromatic N) is 3. The molecule has 0 fully saturated rings. The van der Waals surface area contributed by atoms with Crippen LogP contribution in [0.1, 0.15) is 22.8 Å². The highest BCUT2D eigenvalue weighted by molar-refractivity contribution is 6.29. The molecule has 1 atom stereocenters. The van der Waals surface area contributed by atoms with Crippen LogP contribution >= 0.6 is 11.6 Å². The first-order chi connectivity index (χ1) is 18.0. The fourth-order valence-electron chi connectivity index (χ4n) is 3.93. The van der Waals surface area contributed by atoms with Crippen molar-refractivity contribution < 1.29 is 28.2 Å². The van der Waals surface area contributed by atoms with Gasteiger partial charge >= 0.3 is 0 Å². The van der Waals surface area contributed by atoms with Gasteiger partial charge in [0.25, 0.3) is 11.5 Å². The van der Waals surface area contributed by atoms with E-state index in [1.807, 2.05) is 0 Å². The molecule has 12 heteroatoms. The molecule has 198 valence electrons. The van der Waals surface area contributed by atoms with Gasteiger partial charge in [0.05, 0.1) is 12.7 Å². The summed E-state index contributed by atoms with van der Waals surface area (Å²) in [5, 5.41) is 13.3. The van der Waals surface area contributed by atoms with E-state index in [-0.39, 0.29) is 45.0 Å². The van der Waals surface area contributed by atoms with E-state index in [0.29, 0.717) is 5.56 Å². The van der Waals surface area contributed by atoms with Crippen LogP contribution in [0, 0.1) is 12.7 Å². The Morgan fingerprint density at radius 2 is 1.84 bits per heavy atom. The largest absolute Gasteiger partial charge is 0.507 e. The number of hydrogen-bond acceptors (Lipinski definition) is 6. The molecule has 2 aromatic heterocycles. The monoisotopic (exact) mass is 544 g/mol. The molecular formula is C26H23ClF2N4O5. The van der Waals surface area contributed by atoms with E-state index in [1.54, 1.807) is 19.1 Å². The predicted octanol–water partition coefficient (Wildman–Crippen LogP) is 5.00. The quantitative estimate of drug-likeness (QED) is 0.317. The normalized spacial score (nSPS) is 11.8. The number of carbonyl (C=O) groups excluding carboxylic acids is 1. The smallest absolute Gasteiger partial charge is 0.297 e. The van der Waals surface area contributed by atoms with Crippen molar-refractivity contribution in [3.63, 3.8) is 0 Å². The second kappa shape index (κ2) is 10.5. The first kappa shape index (κ1) is 26.7. The number of alkyl halides is 1. The lowest BCUT2D eigenvalue weighted by Gasteiger charge is -2.14. The van der Waals surface area contributed by atoms with Crippen LogP contribution < -0.4 is 20.3 Å². The number of aryl methyl sites for hydroxylation is 1. The number of nitrogens with one attached hydrogen (secondary N) is 1. The number of benzene rings is 2. The number of hydrogen-bond donors (Lipinski definition) is 2. The number of anilines is 1. The second-order valence-corrected chi connectivity index (χ2v) is 8.67. The Morgan fingerprint density at radius 1 is 1.16 bits per heavy atom. The van der Waals surface area contributed by atoms with E-state index in [2.05, 4.69) is 10.3 Å². The number of pyridine rings is 1. The Labute approximate surface area is 220 Å². The second-order valence-electron chi connectivity index (χ2n) is 8.28. The van der Waals surface area contributed by atoms with E-state index in [1.165, 1.54) is 56.1 Å². The first-order valence-corrected chi connectivity index (χ1v) is 11.6. The Morgan fingerprint density at radius 3 is 2.45 bits per heavy atom. The van der Waals surface area contributed by atoms with Gasteiger partial charge in [0.15, 0.2) is 5.82 Å². The van der Waals surface area contributed by atoms with E-state index in [0.717, 1.165) is 10.7 Å². The number of carbonyl (C=O) groups is 1. The predicted molar refractivity (Wildman–Crippen MR) is 138 cm³/mol. The molecule has 2 heterocycles. The van der Waals surface area contributed by atoms with Crippen LogP contribution in [0.5, 0.6) is 17.2 Å². The minimum atomic E-state index is -1.55. The Balaban J connectivity index is 1.90. The average Bonchev–Trinajstić information content (AvgIpc) is 3.09. The number of phenols is 1. The molecule has 4 aromatic rings. The van der Waals surface area contributed by atoms with E-state index in [4.69, 9.17) is 21.1 Å². The molecule has 9 nitrogen and oxygen atoms in total. The number of ether oxygens (including phenoxy) is 2. The average molecular weight is 545 g/mol. The molecule has 0 saturated heterocycles. The molecule has 1 amide bonds. The third-order valence-electron chi connectivity index (χ3n) is 5.67. The van der Waals surface area contributed by atoms with Crippen LogP contribution in [-0.2, 0) is 7.05 Å². The van der Waals surface area contributed by atoms with Crippen molar-refractivity contribution in [3.8, 4) is 34.3 Å². The van der Waals surface area contributed by atoms with E-state index in [9.17, 15) is 19.1 Å². The summed E-state index contributed by atoms with van der Waals surface area (Å²) < 4.78 is 40.7. The van der Waals surface area contributed by atoms with Gasteiger partial charge in [-0.25, -0.2) is 13.8 Å². The van der Waals surface area contributed by atoms with Gasteiger partial charge in [0, 0.05) is 31.7 Å². The molecule has 0 saturated carbocycles. The van der Waals surface area contributed by atoms with Gasteiger partial charge in [-0.05, 0) is 42.8 Å². The van der Waals surface area contributed by atoms with Crippen LogP contribution in [0.25, 0.3) is 17.1 Å². The summed E-state index contributed by atoms with van der Waals surface area (Å²) in [6.45, 7) is 2.91. The maximum Gasteiger partial charge on any atom is 0.297 e.